The van der Waals surface area contributed by atoms with Crippen LogP contribution in [0.3, 0.4) is 0 Å². The van der Waals surface area contributed by atoms with Gasteiger partial charge in [0.25, 0.3) is 0 Å². The quantitative estimate of drug-likeness (QED) is 0.0261. The number of hydrogen-bond acceptors (Lipinski definition) is 6. The van der Waals surface area contributed by atoms with Gasteiger partial charge >= 0.3 is 17.9 Å². The van der Waals surface area contributed by atoms with Gasteiger partial charge in [0.2, 0.25) is 0 Å². The standard InChI is InChI=1S/C76H120O6/c1-4-7-10-13-16-19-22-24-26-28-30-31-32-33-34-35-36-37-38-39-40-41-42-43-44-45-47-48-50-52-54-57-60-63-66-69-75(78)81-72-73(71-80-74(77)68-65-62-59-56-21-18-15-12-9-6-3)82-76(79)70-67-64-61-58-55-53-51-49-46-29-27-25-23-20-17-14-11-8-5-2/h7-8,10-11,16-17,19-20,24-27,30-31,33-34,36-37,39-40,42-43,46,49,53,55,61,64,73H,4-6,9,12-15,18,21-23,28-29,32,35,38,41,44-45,47-48,50-52,54,56-60,62-63,65-72H2,1-3H3/b10-7-,11-8-,19-16-,20-17-,26-24-,27-25-,31-30-,34-33-,37-36-,40-39-,43-42-,49-46-,55-53-,64-61-. The maximum Gasteiger partial charge on any atom is 0.306 e. The van der Waals surface area contributed by atoms with Crippen LogP contribution in [-0.4, -0.2) is 37.2 Å². The Labute approximate surface area is 504 Å². The largest absolute Gasteiger partial charge is 0.462 e. The molecule has 0 radical (unpaired) electrons. The van der Waals surface area contributed by atoms with Crippen molar-refractivity contribution in [3.8, 4) is 0 Å². The number of carbonyl (C=O) groups excluding carboxylic acids is 3. The maximum absolute atomic E-state index is 12.8. The zero-order valence-electron chi connectivity index (χ0n) is 52.7. The number of esters is 3. The van der Waals surface area contributed by atoms with E-state index in [0.29, 0.717) is 19.3 Å². The lowest BCUT2D eigenvalue weighted by molar-refractivity contribution is -0.166. The molecule has 82 heavy (non-hydrogen) atoms. The summed E-state index contributed by atoms with van der Waals surface area (Å²) in [5.74, 6) is -1.01. The Morgan fingerprint density at radius 2 is 0.500 bits per heavy atom. The minimum absolute atomic E-state index is 0.113. The molecule has 1 unspecified atom stereocenters. The highest BCUT2D eigenvalue weighted by molar-refractivity contribution is 5.71. The van der Waals surface area contributed by atoms with Gasteiger partial charge in [0.05, 0.1) is 0 Å². The fraction of sp³-hybridized carbons (Fsp3) is 0.592. The molecule has 6 nitrogen and oxygen atoms in total. The van der Waals surface area contributed by atoms with Crippen molar-refractivity contribution >= 4 is 17.9 Å². The first-order valence-electron chi connectivity index (χ1n) is 33.1. The molecule has 0 aromatic heterocycles. The fourth-order valence-electron chi connectivity index (χ4n) is 8.60. The van der Waals surface area contributed by atoms with Crippen molar-refractivity contribution < 1.29 is 28.6 Å². The van der Waals surface area contributed by atoms with Crippen LogP contribution in [0.2, 0.25) is 0 Å². The summed E-state index contributed by atoms with van der Waals surface area (Å²) in [6, 6.07) is 0. The Kier molecular flexibility index (Phi) is 63.9. The summed E-state index contributed by atoms with van der Waals surface area (Å²) in [6.07, 6.45) is 101. The highest BCUT2D eigenvalue weighted by Gasteiger charge is 2.19. The van der Waals surface area contributed by atoms with Gasteiger partial charge in [-0.2, -0.15) is 0 Å². The highest BCUT2D eigenvalue weighted by atomic mass is 16.6. The summed E-state index contributed by atoms with van der Waals surface area (Å²) in [5, 5.41) is 0. The molecule has 0 amide bonds. The lowest BCUT2D eigenvalue weighted by Crippen LogP contribution is -2.30. The van der Waals surface area contributed by atoms with Gasteiger partial charge in [-0.3, -0.25) is 14.4 Å². The smallest absolute Gasteiger partial charge is 0.306 e. The predicted octanol–water partition coefficient (Wildman–Crippen LogP) is 23.0. The first-order chi connectivity index (χ1) is 40.5. The van der Waals surface area contributed by atoms with E-state index in [4.69, 9.17) is 14.2 Å². The molecule has 0 aromatic rings. The first-order valence-corrected chi connectivity index (χ1v) is 33.1. The predicted molar refractivity (Wildman–Crippen MR) is 357 cm³/mol. The van der Waals surface area contributed by atoms with Gasteiger partial charge < -0.3 is 14.2 Å². The van der Waals surface area contributed by atoms with Crippen molar-refractivity contribution in [2.75, 3.05) is 13.2 Å². The Balaban J connectivity index is 4.28. The second kappa shape index (κ2) is 68.3. The third-order valence-electron chi connectivity index (χ3n) is 13.5. The molecule has 0 aliphatic carbocycles. The van der Waals surface area contributed by atoms with Gasteiger partial charge in [-0.1, -0.05) is 300 Å². The summed E-state index contributed by atoms with van der Waals surface area (Å²) in [5.41, 5.74) is 0. The zero-order chi connectivity index (χ0) is 59.2. The van der Waals surface area contributed by atoms with Crippen LogP contribution in [0.15, 0.2) is 170 Å². The maximum atomic E-state index is 12.8. The van der Waals surface area contributed by atoms with E-state index in [2.05, 4.69) is 185 Å². The van der Waals surface area contributed by atoms with Crippen molar-refractivity contribution in [1.29, 1.82) is 0 Å². The third kappa shape index (κ3) is 65.6. The molecule has 0 saturated carbocycles. The Morgan fingerprint density at radius 3 is 0.793 bits per heavy atom. The molecule has 0 bridgehead atoms. The molecule has 6 heteroatoms. The molecule has 0 aromatic carbocycles. The topological polar surface area (TPSA) is 78.9 Å². The second-order valence-electron chi connectivity index (χ2n) is 21.3. The van der Waals surface area contributed by atoms with Gasteiger partial charge in [0, 0.05) is 19.3 Å². The Hall–Kier alpha value is -5.23. The Morgan fingerprint density at radius 1 is 0.256 bits per heavy atom. The minimum atomic E-state index is -0.826. The third-order valence-corrected chi connectivity index (χ3v) is 13.5. The van der Waals surface area contributed by atoms with Crippen molar-refractivity contribution in [3.05, 3.63) is 170 Å². The number of allylic oxidation sites excluding steroid dienone is 28. The normalized spacial score (nSPS) is 13.3. The minimum Gasteiger partial charge on any atom is -0.462 e. The summed E-state index contributed by atoms with van der Waals surface area (Å²) in [6.45, 7) is 6.33. The van der Waals surface area contributed by atoms with E-state index < -0.39 is 12.1 Å². The van der Waals surface area contributed by atoms with Gasteiger partial charge in [0.1, 0.15) is 13.2 Å². The van der Waals surface area contributed by atoms with Gasteiger partial charge in [0.15, 0.2) is 6.10 Å². The van der Waals surface area contributed by atoms with Crippen molar-refractivity contribution in [2.24, 2.45) is 0 Å². The van der Waals surface area contributed by atoms with Crippen LogP contribution in [0.5, 0.6) is 0 Å². The molecular weight excluding hydrogens is 1010 g/mol. The molecule has 0 aliphatic heterocycles. The molecule has 0 saturated heterocycles. The van der Waals surface area contributed by atoms with Gasteiger partial charge in [-0.05, 0) is 122 Å². The summed E-state index contributed by atoms with van der Waals surface area (Å²) in [4.78, 5) is 38.2. The van der Waals surface area contributed by atoms with Crippen LogP contribution in [0, 0.1) is 0 Å². The molecule has 0 rings (SSSR count). The average Bonchev–Trinajstić information content (AvgIpc) is 3.48. The molecule has 0 N–H and O–H groups in total. The molecule has 0 heterocycles. The average molecular weight is 1130 g/mol. The van der Waals surface area contributed by atoms with E-state index in [1.807, 2.05) is 6.08 Å². The van der Waals surface area contributed by atoms with Crippen LogP contribution >= 0.6 is 0 Å². The van der Waals surface area contributed by atoms with E-state index in [-0.39, 0.29) is 31.6 Å². The van der Waals surface area contributed by atoms with Crippen molar-refractivity contribution in [1.82, 2.24) is 0 Å². The van der Waals surface area contributed by atoms with E-state index >= 15 is 0 Å². The monoisotopic (exact) mass is 1130 g/mol. The number of unbranched alkanes of at least 4 members (excludes halogenated alkanes) is 19. The van der Waals surface area contributed by atoms with Crippen LogP contribution in [-0.2, 0) is 28.6 Å². The molecular formula is C76H120O6. The van der Waals surface area contributed by atoms with E-state index in [0.717, 1.165) is 135 Å². The Bertz CT molecular complexity index is 1870. The van der Waals surface area contributed by atoms with Crippen LogP contribution < -0.4 is 0 Å². The SMILES string of the molecule is CC/C=C\C/C=C\C/C=C\C/C=C\C/C=C\C/C=C\C/C=C\C/C=C\CCCCCCCCCCCCC(=O)OCC(COC(=O)CCCCCCCCCCCC)OC(=O)CC/C=C\C/C=C\C/C=C\C/C=C\C/C=C\C/C=C\CC. The van der Waals surface area contributed by atoms with Gasteiger partial charge in [-0.25, -0.2) is 0 Å². The summed E-state index contributed by atoms with van der Waals surface area (Å²) >= 11 is 0. The molecule has 1 atom stereocenters. The molecule has 0 fully saturated rings. The first kappa shape index (κ1) is 76.8. The number of carbonyl (C=O) groups is 3. The summed E-state index contributed by atoms with van der Waals surface area (Å²) < 4.78 is 16.8. The molecule has 0 aliphatic rings. The van der Waals surface area contributed by atoms with Crippen LogP contribution in [0.1, 0.15) is 271 Å². The lowest BCUT2D eigenvalue weighted by Gasteiger charge is -2.18. The van der Waals surface area contributed by atoms with E-state index in [1.54, 1.807) is 0 Å². The van der Waals surface area contributed by atoms with E-state index in [9.17, 15) is 14.4 Å². The highest BCUT2D eigenvalue weighted by Crippen LogP contribution is 2.15. The van der Waals surface area contributed by atoms with Crippen molar-refractivity contribution in [2.45, 2.75) is 277 Å². The number of hydrogen-bond donors (Lipinski definition) is 0. The number of ether oxygens (including phenoxy) is 3. The lowest BCUT2D eigenvalue weighted by atomic mass is 10.1. The number of rotatable bonds is 58. The van der Waals surface area contributed by atoms with Crippen molar-refractivity contribution in [3.63, 3.8) is 0 Å². The second-order valence-corrected chi connectivity index (χ2v) is 21.3. The van der Waals surface area contributed by atoms with E-state index in [1.165, 1.54) is 89.9 Å². The summed E-state index contributed by atoms with van der Waals surface area (Å²) in [7, 11) is 0. The molecule has 460 valence electrons. The van der Waals surface area contributed by atoms with Crippen LogP contribution in [0.4, 0.5) is 0 Å². The zero-order valence-corrected chi connectivity index (χ0v) is 52.7. The van der Waals surface area contributed by atoms with Gasteiger partial charge in [-0.15, -0.1) is 0 Å². The molecule has 0 spiro atoms. The fourth-order valence-corrected chi connectivity index (χ4v) is 8.60. The van der Waals surface area contributed by atoms with Crippen LogP contribution in [0.25, 0.3) is 0 Å².